The minimum atomic E-state index is -0.0777. The molecular formula is C11H9ClN4O. The zero-order valence-corrected chi connectivity index (χ0v) is 9.59. The van der Waals surface area contributed by atoms with Crippen LogP contribution in [0.1, 0.15) is 5.69 Å². The molecule has 0 amide bonds. The Kier molecular flexibility index (Phi) is 3.38. The third-order valence-corrected chi connectivity index (χ3v) is 2.61. The van der Waals surface area contributed by atoms with E-state index in [0.29, 0.717) is 16.3 Å². The summed E-state index contributed by atoms with van der Waals surface area (Å²) in [6.07, 6.45) is 0. The molecule has 86 valence electrons. The largest absolute Gasteiger partial charge is 0.394 e. The summed E-state index contributed by atoms with van der Waals surface area (Å²) < 4.78 is 1.47. The highest BCUT2D eigenvalue weighted by Gasteiger charge is 2.16. The van der Waals surface area contributed by atoms with Crippen molar-refractivity contribution in [1.82, 2.24) is 15.0 Å². The number of halogens is 1. The fourth-order valence-corrected chi connectivity index (χ4v) is 1.78. The van der Waals surface area contributed by atoms with E-state index in [9.17, 15) is 0 Å². The van der Waals surface area contributed by atoms with Crippen molar-refractivity contribution >= 4 is 11.6 Å². The van der Waals surface area contributed by atoms with Gasteiger partial charge >= 0.3 is 0 Å². The average molecular weight is 249 g/mol. The normalized spacial score (nSPS) is 10.2. The van der Waals surface area contributed by atoms with Gasteiger partial charge in [-0.15, -0.1) is 5.10 Å². The zero-order valence-electron chi connectivity index (χ0n) is 8.84. The molecular weight excluding hydrogens is 240 g/mol. The molecule has 0 spiro atoms. The third kappa shape index (κ3) is 2.13. The molecule has 0 radical (unpaired) electrons. The van der Waals surface area contributed by atoms with Crippen molar-refractivity contribution in [2.24, 2.45) is 0 Å². The van der Waals surface area contributed by atoms with E-state index in [-0.39, 0.29) is 18.8 Å². The lowest BCUT2D eigenvalue weighted by Gasteiger charge is -2.06. The summed E-state index contributed by atoms with van der Waals surface area (Å²) in [4.78, 5) is 0. The second-order valence-corrected chi connectivity index (χ2v) is 3.73. The summed E-state index contributed by atoms with van der Waals surface area (Å²) in [6.45, 7) is 0.195. The maximum Gasteiger partial charge on any atom is 0.190 e. The monoisotopic (exact) mass is 248 g/mol. The number of aliphatic hydroxyl groups is 1. The maximum absolute atomic E-state index is 8.98. The first kappa shape index (κ1) is 11.6. The number of rotatable bonds is 3. The number of aromatic nitrogens is 3. The zero-order chi connectivity index (χ0) is 12.3. The predicted octanol–water partition coefficient (Wildman–Crippen LogP) is 1.46. The Morgan fingerprint density at radius 3 is 2.82 bits per heavy atom. The van der Waals surface area contributed by atoms with Crippen LogP contribution in [0, 0.1) is 11.3 Å². The maximum atomic E-state index is 8.98. The van der Waals surface area contributed by atoms with Crippen molar-refractivity contribution in [3.63, 3.8) is 0 Å². The van der Waals surface area contributed by atoms with E-state index in [1.165, 1.54) is 4.68 Å². The molecule has 17 heavy (non-hydrogen) atoms. The van der Waals surface area contributed by atoms with E-state index >= 15 is 0 Å². The van der Waals surface area contributed by atoms with Crippen molar-refractivity contribution in [2.75, 3.05) is 6.61 Å². The summed E-state index contributed by atoms with van der Waals surface area (Å²) in [7, 11) is 0. The molecule has 2 aromatic rings. The van der Waals surface area contributed by atoms with Gasteiger partial charge in [0.25, 0.3) is 0 Å². The van der Waals surface area contributed by atoms with E-state index in [1.54, 1.807) is 18.2 Å². The summed E-state index contributed by atoms with van der Waals surface area (Å²) in [6, 6.07) is 9.11. The Labute approximate surface area is 103 Å². The number of nitriles is 1. The van der Waals surface area contributed by atoms with Gasteiger partial charge in [0.15, 0.2) is 5.69 Å². The molecule has 0 saturated carbocycles. The predicted molar refractivity (Wildman–Crippen MR) is 62.3 cm³/mol. The lowest BCUT2D eigenvalue weighted by molar-refractivity contribution is 0.269. The average Bonchev–Trinajstić information content (AvgIpc) is 2.73. The molecule has 1 N–H and O–H groups in total. The van der Waals surface area contributed by atoms with Gasteiger partial charge in [0.1, 0.15) is 11.8 Å². The summed E-state index contributed by atoms with van der Waals surface area (Å²) in [5, 5.41) is 26.0. The quantitative estimate of drug-likeness (QED) is 0.892. The van der Waals surface area contributed by atoms with E-state index in [4.69, 9.17) is 22.0 Å². The Hall–Kier alpha value is -1.90. The fraction of sp³-hybridized carbons (Fsp3) is 0.182. The van der Waals surface area contributed by atoms with Gasteiger partial charge in [0.05, 0.1) is 18.2 Å². The van der Waals surface area contributed by atoms with Gasteiger partial charge in [-0.05, 0) is 6.07 Å². The molecule has 1 aromatic heterocycles. The summed E-state index contributed by atoms with van der Waals surface area (Å²) >= 11 is 6.08. The van der Waals surface area contributed by atoms with Crippen molar-refractivity contribution < 1.29 is 5.11 Å². The molecule has 1 aromatic carbocycles. The lowest BCUT2D eigenvalue weighted by Crippen LogP contribution is -2.06. The first-order chi connectivity index (χ1) is 8.27. The smallest absolute Gasteiger partial charge is 0.190 e. The van der Waals surface area contributed by atoms with Gasteiger partial charge in [-0.3, -0.25) is 0 Å². The van der Waals surface area contributed by atoms with Crippen molar-refractivity contribution in [3.05, 3.63) is 35.0 Å². The second kappa shape index (κ2) is 4.95. The van der Waals surface area contributed by atoms with E-state index in [0.717, 1.165) is 0 Å². The minimum Gasteiger partial charge on any atom is -0.394 e. The highest BCUT2D eigenvalue weighted by molar-refractivity contribution is 6.33. The fourth-order valence-electron chi connectivity index (χ4n) is 1.56. The summed E-state index contributed by atoms with van der Waals surface area (Å²) in [5.74, 6) is 0. The topological polar surface area (TPSA) is 74.7 Å². The second-order valence-electron chi connectivity index (χ2n) is 3.33. The minimum absolute atomic E-state index is 0.0777. The molecule has 5 nitrogen and oxygen atoms in total. The van der Waals surface area contributed by atoms with E-state index < -0.39 is 0 Å². The summed E-state index contributed by atoms with van der Waals surface area (Å²) in [5.41, 5.74) is 1.42. The molecule has 0 atom stereocenters. The van der Waals surface area contributed by atoms with Gasteiger partial charge in [-0.2, -0.15) is 5.26 Å². The van der Waals surface area contributed by atoms with E-state index in [2.05, 4.69) is 10.3 Å². The number of hydrogen-bond donors (Lipinski definition) is 1. The number of hydrogen-bond acceptors (Lipinski definition) is 4. The van der Waals surface area contributed by atoms with Crippen LogP contribution in [0.3, 0.4) is 0 Å². The third-order valence-electron chi connectivity index (χ3n) is 2.28. The Bertz CT molecular complexity index is 573. The first-order valence-corrected chi connectivity index (χ1v) is 5.35. The molecule has 0 saturated heterocycles. The van der Waals surface area contributed by atoms with Crippen LogP contribution in [0.5, 0.6) is 0 Å². The van der Waals surface area contributed by atoms with Crippen LogP contribution in [0.4, 0.5) is 0 Å². The van der Waals surface area contributed by atoms with Crippen molar-refractivity contribution in [3.8, 4) is 17.3 Å². The molecule has 0 unspecified atom stereocenters. The Morgan fingerprint density at radius 1 is 1.41 bits per heavy atom. The number of nitrogens with zero attached hydrogens (tertiary/aromatic N) is 4. The molecule has 0 aliphatic rings. The van der Waals surface area contributed by atoms with Crippen molar-refractivity contribution in [1.29, 1.82) is 5.26 Å². The molecule has 0 fully saturated rings. The lowest BCUT2D eigenvalue weighted by atomic mass is 10.1. The Morgan fingerprint density at radius 2 is 2.18 bits per heavy atom. The van der Waals surface area contributed by atoms with Crippen LogP contribution in [0.2, 0.25) is 5.02 Å². The standard InChI is InChI=1S/C11H9ClN4O/c12-9-4-2-1-3-8(9)11-10(7-13)14-15-16(11)5-6-17/h1-4,17H,5-6H2. The van der Waals surface area contributed by atoms with Gasteiger partial charge < -0.3 is 5.11 Å². The number of aliphatic hydroxyl groups excluding tert-OH is 1. The molecule has 2 rings (SSSR count). The molecule has 1 heterocycles. The first-order valence-electron chi connectivity index (χ1n) is 4.97. The van der Waals surface area contributed by atoms with E-state index in [1.807, 2.05) is 12.1 Å². The SMILES string of the molecule is N#Cc1nnn(CCO)c1-c1ccccc1Cl. The van der Waals surface area contributed by atoms with Crippen LogP contribution in [0.15, 0.2) is 24.3 Å². The molecule has 0 aliphatic carbocycles. The highest BCUT2D eigenvalue weighted by atomic mass is 35.5. The molecule has 0 bridgehead atoms. The van der Waals surface area contributed by atoms with Crippen LogP contribution >= 0.6 is 11.6 Å². The van der Waals surface area contributed by atoms with Gasteiger partial charge in [0.2, 0.25) is 0 Å². The van der Waals surface area contributed by atoms with Gasteiger partial charge in [-0.1, -0.05) is 35.0 Å². The van der Waals surface area contributed by atoms with Crippen molar-refractivity contribution in [2.45, 2.75) is 6.54 Å². The van der Waals surface area contributed by atoms with Crippen LogP contribution in [0.25, 0.3) is 11.3 Å². The van der Waals surface area contributed by atoms with Crippen LogP contribution < -0.4 is 0 Å². The number of benzene rings is 1. The molecule has 0 aliphatic heterocycles. The van der Waals surface area contributed by atoms with Gasteiger partial charge in [0, 0.05) is 5.56 Å². The van der Waals surface area contributed by atoms with Crippen LogP contribution in [-0.2, 0) is 6.54 Å². The Balaban J connectivity index is 2.61. The highest BCUT2D eigenvalue weighted by Crippen LogP contribution is 2.28. The van der Waals surface area contributed by atoms with Crippen LogP contribution in [-0.4, -0.2) is 26.7 Å². The molecule has 6 heteroatoms. The van der Waals surface area contributed by atoms with Gasteiger partial charge in [-0.25, -0.2) is 4.68 Å².